The minimum Gasteiger partial charge on any atom is -0.476 e. The Kier molecular flexibility index (Phi) is 4.61. The lowest BCUT2D eigenvalue weighted by Crippen LogP contribution is -2.14. The van der Waals surface area contributed by atoms with E-state index in [4.69, 9.17) is 10.5 Å². The van der Waals surface area contributed by atoms with E-state index in [9.17, 15) is 0 Å². The first-order chi connectivity index (χ1) is 8.81. The maximum atomic E-state index is 6.00. The van der Waals surface area contributed by atoms with E-state index in [0.29, 0.717) is 24.0 Å². The minimum atomic E-state index is 0.487. The number of nitrogens with two attached hydrogens (primary N) is 1. The predicted octanol–water partition coefficient (Wildman–Crippen LogP) is 2.45. The van der Waals surface area contributed by atoms with Crippen molar-refractivity contribution in [2.24, 2.45) is 5.92 Å². The van der Waals surface area contributed by atoms with Gasteiger partial charge in [0, 0.05) is 6.54 Å². The predicted molar refractivity (Wildman–Crippen MR) is 72.7 cm³/mol. The molecule has 0 radical (unpaired) electrons. The lowest BCUT2D eigenvalue weighted by molar-refractivity contribution is 0.306. The maximum absolute atomic E-state index is 6.00. The first kappa shape index (κ1) is 12.9. The Labute approximate surface area is 108 Å². The molecule has 0 aliphatic heterocycles. The van der Waals surface area contributed by atoms with Crippen molar-refractivity contribution in [1.82, 2.24) is 9.97 Å². The second kappa shape index (κ2) is 6.42. The molecule has 2 rings (SSSR count). The number of nitrogens with zero attached hydrogens (tertiary/aromatic N) is 2. The summed E-state index contributed by atoms with van der Waals surface area (Å²) >= 11 is 0. The number of rotatable bonds is 6. The third kappa shape index (κ3) is 3.24. The Hall–Kier alpha value is -1.52. The van der Waals surface area contributed by atoms with Crippen molar-refractivity contribution in [3.05, 3.63) is 6.33 Å². The highest BCUT2D eigenvalue weighted by atomic mass is 16.5. The number of aromatic nitrogens is 2. The second-order valence-electron chi connectivity index (χ2n) is 4.82. The number of anilines is 2. The molecule has 1 aliphatic carbocycles. The summed E-state index contributed by atoms with van der Waals surface area (Å²) < 4.78 is 5.48. The minimum absolute atomic E-state index is 0.487. The van der Waals surface area contributed by atoms with Crippen molar-refractivity contribution in [1.29, 1.82) is 0 Å². The van der Waals surface area contributed by atoms with Gasteiger partial charge in [-0.2, -0.15) is 4.98 Å². The van der Waals surface area contributed by atoms with Gasteiger partial charge in [-0.1, -0.05) is 19.8 Å². The van der Waals surface area contributed by atoms with Crippen LogP contribution >= 0.6 is 0 Å². The fourth-order valence-corrected chi connectivity index (χ4v) is 2.29. The van der Waals surface area contributed by atoms with E-state index < -0.39 is 0 Å². The molecule has 0 amide bonds. The lowest BCUT2D eigenvalue weighted by atomic mass is 10.1. The molecule has 0 unspecified atom stereocenters. The quantitative estimate of drug-likeness (QED) is 0.811. The van der Waals surface area contributed by atoms with Gasteiger partial charge in [0.2, 0.25) is 5.88 Å². The molecule has 5 nitrogen and oxygen atoms in total. The van der Waals surface area contributed by atoms with Crippen LogP contribution in [0.15, 0.2) is 6.33 Å². The Morgan fingerprint density at radius 2 is 2.17 bits per heavy atom. The molecule has 5 heteroatoms. The standard InChI is InChI=1S/C13H22N4O/c1-2-7-18-13-11(14)12(16-9-17-13)15-8-10-5-3-4-6-10/h9-10H,2-8,14H2,1H3,(H,15,16,17). The smallest absolute Gasteiger partial charge is 0.242 e. The molecule has 0 atom stereocenters. The van der Waals surface area contributed by atoms with Gasteiger partial charge in [-0.25, -0.2) is 4.98 Å². The van der Waals surface area contributed by atoms with Crippen molar-refractivity contribution in [2.75, 3.05) is 24.2 Å². The largest absolute Gasteiger partial charge is 0.476 e. The molecule has 1 aliphatic rings. The molecule has 1 fully saturated rings. The van der Waals surface area contributed by atoms with E-state index in [1.807, 2.05) is 0 Å². The van der Waals surface area contributed by atoms with Crippen LogP contribution in [-0.4, -0.2) is 23.1 Å². The molecule has 1 saturated carbocycles. The zero-order valence-corrected chi connectivity index (χ0v) is 11.0. The van der Waals surface area contributed by atoms with Crippen LogP contribution in [0.1, 0.15) is 39.0 Å². The fraction of sp³-hybridized carbons (Fsp3) is 0.692. The Bertz CT molecular complexity index is 377. The summed E-state index contributed by atoms with van der Waals surface area (Å²) in [5.41, 5.74) is 6.51. The van der Waals surface area contributed by atoms with Gasteiger partial charge in [-0.3, -0.25) is 0 Å². The van der Waals surface area contributed by atoms with Crippen molar-refractivity contribution >= 4 is 11.5 Å². The highest BCUT2D eigenvalue weighted by Crippen LogP contribution is 2.28. The molecule has 1 aromatic rings. The molecule has 0 saturated heterocycles. The Morgan fingerprint density at radius 1 is 1.39 bits per heavy atom. The third-order valence-corrected chi connectivity index (χ3v) is 3.32. The van der Waals surface area contributed by atoms with Crippen LogP contribution in [0.3, 0.4) is 0 Å². The van der Waals surface area contributed by atoms with Gasteiger partial charge < -0.3 is 15.8 Å². The molecule has 18 heavy (non-hydrogen) atoms. The summed E-state index contributed by atoms with van der Waals surface area (Å²) in [6, 6.07) is 0. The van der Waals surface area contributed by atoms with Crippen LogP contribution < -0.4 is 15.8 Å². The van der Waals surface area contributed by atoms with Gasteiger partial charge in [0.15, 0.2) is 5.82 Å². The number of nitrogen functional groups attached to an aromatic ring is 1. The summed E-state index contributed by atoms with van der Waals surface area (Å²) in [6.45, 7) is 3.62. The van der Waals surface area contributed by atoms with Crippen LogP contribution in [0, 0.1) is 5.92 Å². The van der Waals surface area contributed by atoms with Gasteiger partial charge in [-0.05, 0) is 25.2 Å². The van der Waals surface area contributed by atoms with Crippen molar-refractivity contribution < 1.29 is 4.74 Å². The molecule has 0 bridgehead atoms. The molecule has 1 aromatic heterocycles. The number of hydrogen-bond acceptors (Lipinski definition) is 5. The van der Waals surface area contributed by atoms with E-state index in [1.165, 1.54) is 32.0 Å². The van der Waals surface area contributed by atoms with E-state index >= 15 is 0 Å². The van der Waals surface area contributed by atoms with Crippen LogP contribution in [0.2, 0.25) is 0 Å². The highest BCUT2D eigenvalue weighted by molar-refractivity contribution is 5.66. The highest BCUT2D eigenvalue weighted by Gasteiger charge is 2.16. The molecular formula is C13H22N4O. The maximum Gasteiger partial charge on any atom is 0.242 e. The van der Waals surface area contributed by atoms with Crippen molar-refractivity contribution in [3.63, 3.8) is 0 Å². The second-order valence-corrected chi connectivity index (χ2v) is 4.82. The van der Waals surface area contributed by atoms with Gasteiger partial charge in [0.05, 0.1) is 6.61 Å². The molecule has 3 N–H and O–H groups in total. The fourth-order valence-electron chi connectivity index (χ4n) is 2.29. The number of ether oxygens (including phenoxy) is 1. The summed E-state index contributed by atoms with van der Waals surface area (Å²) in [5.74, 6) is 1.93. The molecule has 0 aromatic carbocycles. The van der Waals surface area contributed by atoms with E-state index in [0.717, 1.165) is 18.9 Å². The average Bonchev–Trinajstić information content (AvgIpc) is 2.89. The number of hydrogen-bond donors (Lipinski definition) is 2. The van der Waals surface area contributed by atoms with Crippen molar-refractivity contribution in [2.45, 2.75) is 39.0 Å². The van der Waals surface area contributed by atoms with Gasteiger partial charge in [0.1, 0.15) is 12.0 Å². The van der Waals surface area contributed by atoms with Crippen LogP contribution in [0.5, 0.6) is 5.88 Å². The summed E-state index contributed by atoms with van der Waals surface area (Å²) in [5, 5.41) is 3.32. The van der Waals surface area contributed by atoms with Gasteiger partial charge in [0.25, 0.3) is 0 Å². The van der Waals surface area contributed by atoms with Gasteiger partial charge in [-0.15, -0.1) is 0 Å². The Balaban J connectivity index is 1.94. The van der Waals surface area contributed by atoms with Crippen LogP contribution in [-0.2, 0) is 0 Å². The lowest BCUT2D eigenvalue weighted by Gasteiger charge is -2.14. The summed E-state index contributed by atoms with van der Waals surface area (Å²) in [7, 11) is 0. The zero-order chi connectivity index (χ0) is 12.8. The molecular weight excluding hydrogens is 228 g/mol. The topological polar surface area (TPSA) is 73.1 Å². The van der Waals surface area contributed by atoms with Crippen LogP contribution in [0.4, 0.5) is 11.5 Å². The third-order valence-electron chi connectivity index (χ3n) is 3.32. The SMILES string of the molecule is CCCOc1ncnc(NCC2CCCC2)c1N. The zero-order valence-electron chi connectivity index (χ0n) is 11.0. The Morgan fingerprint density at radius 3 is 2.89 bits per heavy atom. The van der Waals surface area contributed by atoms with Gasteiger partial charge >= 0.3 is 0 Å². The average molecular weight is 250 g/mol. The first-order valence-corrected chi connectivity index (χ1v) is 6.78. The normalized spacial score (nSPS) is 15.8. The van der Waals surface area contributed by atoms with Crippen molar-refractivity contribution in [3.8, 4) is 5.88 Å². The summed E-state index contributed by atoms with van der Waals surface area (Å²) in [6.07, 6.45) is 7.73. The first-order valence-electron chi connectivity index (χ1n) is 6.78. The van der Waals surface area contributed by atoms with E-state index in [1.54, 1.807) is 0 Å². The number of nitrogens with one attached hydrogen (secondary N) is 1. The van der Waals surface area contributed by atoms with E-state index in [-0.39, 0.29) is 0 Å². The van der Waals surface area contributed by atoms with Crippen LogP contribution in [0.25, 0.3) is 0 Å². The monoisotopic (exact) mass is 250 g/mol. The molecule has 1 heterocycles. The van der Waals surface area contributed by atoms with E-state index in [2.05, 4.69) is 22.2 Å². The molecule has 0 spiro atoms. The molecule has 100 valence electrons. The summed E-state index contributed by atoms with van der Waals surface area (Å²) in [4.78, 5) is 8.24.